The first-order valence-corrected chi connectivity index (χ1v) is 4.90. The third-order valence-corrected chi connectivity index (χ3v) is 2.44. The molecular weight excluding hydrogens is 184 g/mol. The summed E-state index contributed by atoms with van der Waals surface area (Å²) in [5.41, 5.74) is -0.979. The number of aliphatic hydroxyl groups is 1. The van der Waals surface area contributed by atoms with Crippen molar-refractivity contribution < 1.29 is 19.7 Å². The second-order valence-electron chi connectivity index (χ2n) is 3.83. The Kier molecular flexibility index (Phi) is 6.49. The molecule has 0 saturated carbocycles. The summed E-state index contributed by atoms with van der Waals surface area (Å²) >= 11 is 0. The molecule has 0 aromatic carbocycles. The lowest BCUT2D eigenvalue weighted by Gasteiger charge is -2.21. The van der Waals surface area contributed by atoms with Gasteiger partial charge in [0.15, 0.2) is 0 Å². The van der Waals surface area contributed by atoms with E-state index in [1.807, 2.05) is 0 Å². The van der Waals surface area contributed by atoms with Gasteiger partial charge >= 0.3 is 5.97 Å². The predicted molar refractivity (Wildman–Crippen MR) is 53.2 cm³/mol. The quantitative estimate of drug-likeness (QED) is 0.584. The molecule has 1 atom stereocenters. The number of hydrogen-bond donors (Lipinski definition) is 2. The van der Waals surface area contributed by atoms with Gasteiger partial charge in [-0.05, 0) is 19.8 Å². The maximum Gasteiger partial charge on any atom is 0.311 e. The average Bonchev–Trinajstić information content (AvgIpc) is 2.17. The van der Waals surface area contributed by atoms with E-state index >= 15 is 0 Å². The van der Waals surface area contributed by atoms with Crippen molar-refractivity contribution in [2.24, 2.45) is 5.41 Å². The average molecular weight is 204 g/mol. The molecule has 4 heteroatoms. The summed E-state index contributed by atoms with van der Waals surface area (Å²) in [5, 5.41) is 17.8. The molecule has 0 spiro atoms. The summed E-state index contributed by atoms with van der Waals surface area (Å²) in [7, 11) is 1.65. The Morgan fingerprint density at radius 1 is 1.36 bits per heavy atom. The molecule has 0 bridgehead atoms. The number of unbranched alkanes of at least 4 members (excludes halogenated alkanes) is 2. The van der Waals surface area contributed by atoms with E-state index in [4.69, 9.17) is 14.9 Å². The van der Waals surface area contributed by atoms with Crippen LogP contribution in [0.5, 0.6) is 0 Å². The number of carboxylic acids is 1. The highest BCUT2D eigenvalue weighted by Gasteiger charge is 2.31. The van der Waals surface area contributed by atoms with Crippen LogP contribution >= 0.6 is 0 Å². The molecule has 0 fully saturated rings. The zero-order valence-electron chi connectivity index (χ0n) is 8.95. The summed E-state index contributed by atoms with van der Waals surface area (Å²) < 4.78 is 4.88. The van der Waals surface area contributed by atoms with Crippen LogP contribution in [0.3, 0.4) is 0 Å². The van der Waals surface area contributed by atoms with E-state index in [0.29, 0.717) is 13.0 Å². The third kappa shape index (κ3) is 4.58. The van der Waals surface area contributed by atoms with E-state index in [1.165, 1.54) is 0 Å². The highest BCUT2D eigenvalue weighted by Crippen LogP contribution is 2.23. The molecule has 0 saturated heterocycles. The number of methoxy groups -OCH3 is 1. The number of carbonyl (C=O) groups is 1. The van der Waals surface area contributed by atoms with Gasteiger partial charge in [-0.1, -0.05) is 12.8 Å². The van der Waals surface area contributed by atoms with Gasteiger partial charge in [-0.3, -0.25) is 4.79 Å². The fraction of sp³-hybridized carbons (Fsp3) is 0.900. The molecule has 0 aliphatic carbocycles. The van der Waals surface area contributed by atoms with Crippen molar-refractivity contribution in [2.45, 2.75) is 32.6 Å². The van der Waals surface area contributed by atoms with Gasteiger partial charge in [-0.25, -0.2) is 0 Å². The van der Waals surface area contributed by atoms with E-state index in [9.17, 15) is 4.79 Å². The van der Waals surface area contributed by atoms with E-state index in [2.05, 4.69) is 0 Å². The molecule has 14 heavy (non-hydrogen) atoms. The van der Waals surface area contributed by atoms with Crippen LogP contribution in [0.2, 0.25) is 0 Å². The molecular formula is C10H20O4. The number of aliphatic hydroxyl groups excluding tert-OH is 1. The van der Waals surface area contributed by atoms with Crippen LogP contribution < -0.4 is 0 Å². The summed E-state index contributed by atoms with van der Waals surface area (Å²) in [6.07, 6.45) is 3.21. The first-order valence-electron chi connectivity index (χ1n) is 4.90. The first kappa shape index (κ1) is 13.4. The Morgan fingerprint density at radius 2 is 2.00 bits per heavy atom. The lowest BCUT2D eigenvalue weighted by molar-refractivity contribution is -0.150. The maximum atomic E-state index is 10.8. The number of carboxylic acid groups (broad SMARTS) is 1. The Labute approximate surface area is 84.9 Å². The van der Waals surface area contributed by atoms with E-state index in [-0.39, 0.29) is 6.61 Å². The fourth-order valence-electron chi connectivity index (χ4n) is 1.19. The number of rotatable bonds is 8. The Balaban J connectivity index is 3.68. The molecule has 1 unspecified atom stereocenters. The molecule has 0 heterocycles. The molecule has 84 valence electrons. The van der Waals surface area contributed by atoms with Gasteiger partial charge in [-0.2, -0.15) is 0 Å². The molecule has 0 aliphatic rings. The van der Waals surface area contributed by atoms with Crippen LogP contribution in [0.1, 0.15) is 32.6 Å². The van der Waals surface area contributed by atoms with E-state index < -0.39 is 11.4 Å². The van der Waals surface area contributed by atoms with Gasteiger partial charge in [-0.15, -0.1) is 0 Å². The molecule has 0 aromatic heterocycles. The standard InChI is InChI=1S/C10H20O4/c1-10(8-11,9(12)13)6-4-3-5-7-14-2/h11H,3-8H2,1-2H3,(H,12,13). The largest absolute Gasteiger partial charge is 0.481 e. The maximum absolute atomic E-state index is 10.8. The Morgan fingerprint density at radius 3 is 2.43 bits per heavy atom. The second-order valence-corrected chi connectivity index (χ2v) is 3.83. The SMILES string of the molecule is COCCCCCC(C)(CO)C(=O)O. The zero-order chi connectivity index (χ0) is 11.0. The van der Waals surface area contributed by atoms with Crippen molar-refractivity contribution in [2.75, 3.05) is 20.3 Å². The van der Waals surface area contributed by atoms with Crippen LogP contribution in [-0.4, -0.2) is 36.5 Å². The van der Waals surface area contributed by atoms with Crippen LogP contribution in [-0.2, 0) is 9.53 Å². The highest BCUT2D eigenvalue weighted by atomic mass is 16.5. The van der Waals surface area contributed by atoms with Gasteiger partial charge in [0.25, 0.3) is 0 Å². The third-order valence-electron chi connectivity index (χ3n) is 2.44. The summed E-state index contributed by atoms with van der Waals surface area (Å²) in [6, 6.07) is 0. The van der Waals surface area contributed by atoms with Crippen LogP contribution in [0.4, 0.5) is 0 Å². The van der Waals surface area contributed by atoms with Crippen LogP contribution in [0.25, 0.3) is 0 Å². The number of hydrogen-bond acceptors (Lipinski definition) is 3. The fourth-order valence-corrected chi connectivity index (χ4v) is 1.19. The molecule has 2 N–H and O–H groups in total. The lowest BCUT2D eigenvalue weighted by Crippen LogP contribution is -2.31. The minimum Gasteiger partial charge on any atom is -0.481 e. The minimum absolute atomic E-state index is 0.299. The van der Waals surface area contributed by atoms with E-state index in [0.717, 1.165) is 19.3 Å². The lowest BCUT2D eigenvalue weighted by atomic mass is 9.86. The number of aliphatic carboxylic acids is 1. The Bertz CT molecular complexity index is 170. The first-order chi connectivity index (χ1) is 6.56. The molecule has 0 radical (unpaired) electrons. The van der Waals surface area contributed by atoms with Crippen molar-refractivity contribution in [3.8, 4) is 0 Å². The highest BCUT2D eigenvalue weighted by molar-refractivity contribution is 5.74. The molecule has 0 amide bonds. The monoisotopic (exact) mass is 204 g/mol. The number of ether oxygens (including phenoxy) is 1. The van der Waals surface area contributed by atoms with Crippen LogP contribution in [0, 0.1) is 5.41 Å². The van der Waals surface area contributed by atoms with E-state index in [1.54, 1.807) is 14.0 Å². The van der Waals surface area contributed by atoms with Crippen molar-refractivity contribution in [1.29, 1.82) is 0 Å². The topological polar surface area (TPSA) is 66.8 Å². The van der Waals surface area contributed by atoms with Gasteiger partial charge in [0, 0.05) is 13.7 Å². The van der Waals surface area contributed by atoms with Crippen LogP contribution in [0.15, 0.2) is 0 Å². The smallest absolute Gasteiger partial charge is 0.311 e. The molecule has 4 nitrogen and oxygen atoms in total. The molecule has 0 aliphatic heterocycles. The summed E-state index contributed by atoms with van der Waals surface area (Å²) in [4.78, 5) is 10.8. The van der Waals surface area contributed by atoms with Gasteiger partial charge in [0.2, 0.25) is 0 Å². The van der Waals surface area contributed by atoms with Gasteiger partial charge in [0.05, 0.1) is 12.0 Å². The van der Waals surface area contributed by atoms with Gasteiger partial charge in [0.1, 0.15) is 0 Å². The second kappa shape index (κ2) is 6.79. The van der Waals surface area contributed by atoms with Crippen molar-refractivity contribution >= 4 is 5.97 Å². The molecule has 0 rings (SSSR count). The summed E-state index contributed by atoms with van der Waals surface area (Å²) in [6.45, 7) is 1.99. The zero-order valence-corrected chi connectivity index (χ0v) is 8.95. The molecule has 0 aromatic rings. The normalized spacial score (nSPS) is 15.1. The van der Waals surface area contributed by atoms with Gasteiger partial charge < -0.3 is 14.9 Å². The summed E-state index contributed by atoms with van der Waals surface area (Å²) in [5.74, 6) is -0.924. The Hall–Kier alpha value is -0.610. The van der Waals surface area contributed by atoms with Crippen molar-refractivity contribution in [1.82, 2.24) is 0 Å². The predicted octanol–water partition coefficient (Wildman–Crippen LogP) is 1.28. The van der Waals surface area contributed by atoms with Crippen molar-refractivity contribution in [3.63, 3.8) is 0 Å². The van der Waals surface area contributed by atoms with Crippen molar-refractivity contribution in [3.05, 3.63) is 0 Å². The minimum atomic E-state index is -0.979.